The zero-order chi connectivity index (χ0) is 14.6. The molecule has 112 valence electrons. The van der Waals surface area contributed by atoms with E-state index >= 15 is 0 Å². The molecule has 3 nitrogen and oxygen atoms in total. The van der Waals surface area contributed by atoms with Crippen LogP contribution in [0.1, 0.15) is 33.6 Å². The largest absolute Gasteiger partial charge is 0.491 e. The average molecular weight is 276 g/mol. The summed E-state index contributed by atoms with van der Waals surface area (Å²) >= 11 is 0. The summed E-state index contributed by atoms with van der Waals surface area (Å²) in [5, 5.41) is 3.46. The van der Waals surface area contributed by atoms with E-state index < -0.39 is 0 Å². The molecule has 0 bridgehead atoms. The Morgan fingerprint density at radius 2 is 2.05 bits per heavy atom. The van der Waals surface area contributed by atoms with Crippen LogP contribution >= 0.6 is 0 Å². The molecular weight excluding hydrogens is 248 g/mol. The number of hydrogen-bond donors (Lipinski definition) is 1. The highest BCUT2D eigenvalue weighted by Gasteiger charge is 2.24. The first kappa shape index (κ1) is 15.2. The molecule has 0 saturated heterocycles. The Hall–Kier alpha value is -1.22. The summed E-state index contributed by atoms with van der Waals surface area (Å²) in [5.41, 5.74) is 1.53. The van der Waals surface area contributed by atoms with Gasteiger partial charge in [-0.15, -0.1) is 0 Å². The van der Waals surface area contributed by atoms with Crippen LogP contribution in [-0.2, 0) is 0 Å². The minimum Gasteiger partial charge on any atom is -0.491 e. The summed E-state index contributed by atoms with van der Waals surface area (Å²) in [6, 6.07) is 8.92. The molecule has 1 heterocycles. The highest BCUT2D eigenvalue weighted by molar-refractivity contribution is 5.58. The van der Waals surface area contributed by atoms with Gasteiger partial charge in [0, 0.05) is 19.1 Å². The number of para-hydroxylation sites is 2. The lowest BCUT2D eigenvalue weighted by Crippen LogP contribution is -2.41. The molecule has 1 unspecified atom stereocenters. The van der Waals surface area contributed by atoms with Crippen molar-refractivity contribution in [3.63, 3.8) is 0 Å². The summed E-state index contributed by atoms with van der Waals surface area (Å²) in [4.78, 5) is 2.47. The summed E-state index contributed by atoms with van der Waals surface area (Å²) in [6.45, 7) is 9.87. The Bertz CT molecular complexity index is 425. The lowest BCUT2D eigenvalue weighted by molar-refractivity contribution is 0.269. The zero-order valence-electron chi connectivity index (χ0n) is 13.3. The Morgan fingerprint density at radius 1 is 1.30 bits per heavy atom. The highest BCUT2D eigenvalue weighted by atomic mass is 16.5. The van der Waals surface area contributed by atoms with Crippen molar-refractivity contribution in [2.45, 2.75) is 39.7 Å². The molecule has 0 amide bonds. The molecule has 1 aliphatic rings. The first-order valence-corrected chi connectivity index (χ1v) is 7.66. The van der Waals surface area contributed by atoms with Gasteiger partial charge in [-0.2, -0.15) is 0 Å². The standard InChI is InChI=1S/C17H28N2O/c1-17(2,3)16(18-4)10-12-19-11-7-13-20-15-9-6-5-8-14(15)19/h5-6,8-9,16,18H,7,10-13H2,1-4H3. The maximum Gasteiger partial charge on any atom is 0.142 e. The van der Waals surface area contributed by atoms with E-state index in [0.29, 0.717) is 6.04 Å². The van der Waals surface area contributed by atoms with Gasteiger partial charge in [0.2, 0.25) is 0 Å². The van der Waals surface area contributed by atoms with E-state index in [1.807, 2.05) is 6.07 Å². The van der Waals surface area contributed by atoms with Gasteiger partial charge in [0.25, 0.3) is 0 Å². The monoisotopic (exact) mass is 276 g/mol. The molecule has 1 aromatic carbocycles. The molecule has 0 aromatic heterocycles. The Kier molecular flexibility index (Phi) is 4.92. The normalized spacial score (nSPS) is 17.1. The van der Waals surface area contributed by atoms with Crippen molar-refractivity contribution in [1.82, 2.24) is 5.32 Å². The van der Waals surface area contributed by atoms with E-state index in [0.717, 1.165) is 38.3 Å². The second kappa shape index (κ2) is 6.49. The van der Waals surface area contributed by atoms with E-state index in [-0.39, 0.29) is 5.41 Å². The number of hydrogen-bond acceptors (Lipinski definition) is 3. The van der Waals surface area contributed by atoms with Crippen LogP contribution in [0.4, 0.5) is 5.69 Å². The van der Waals surface area contributed by atoms with Crippen molar-refractivity contribution in [2.75, 3.05) is 31.6 Å². The molecule has 1 aliphatic heterocycles. The van der Waals surface area contributed by atoms with E-state index in [1.54, 1.807) is 0 Å². The van der Waals surface area contributed by atoms with Crippen LogP contribution in [-0.4, -0.2) is 32.8 Å². The van der Waals surface area contributed by atoms with E-state index in [9.17, 15) is 0 Å². The fourth-order valence-corrected chi connectivity index (χ4v) is 2.93. The van der Waals surface area contributed by atoms with Gasteiger partial charge in [-0.25, -0.2) is 0 Å². The van der Waals surface area contributed by atoms with E-state index in [2.05, 4.69) is 56.2 Å². The van der Waals surface area contributed by atoms with Crippen molar-refractivity contribution in [2.24, 2.45) is 5.41 Å². The Balaban J connectivity index is 2.06. The number of rotatable bonds is 4. The topological polar surface area (TPSA) is 24.5 Å². The predicted molar refractivity (Wildman–Crippen MR) is 85.7 cm³/mol. The fraction of sp³-hybridized carbons (Fsp3) is 0.647. The van der Waals surface area contributed by atoms with Crippen LogP contribution in [0.15, 0.2) is 24.3 Å². The van der Waals surface area contributed by atoms with Crippen molar-refractivity contribution < 1.29 is 4.74 Å². The second-order valence-electron chi connectivity index (χ2n) is 6.65. The lowest BCUT2D eigenvalue weighted by Gasteiger charge is -2.33. The van der Waals surface area contributed by atoms with Crippen LogP contribution in [0.3, 0.4) is 0 Å². The van der Waals surface area contributed by atoms with Gasteiger partial charge in [0.15, 0.2) is 0 Å². The van der Waals surface area contributed by atoms with Gasteiger partial charge in [0.1, 0.15) is 5.75 Å². The molecule has 1 atom stereocenters. The van der Waals surface area contributed by atoms with Gasteiger partial charge in [0.05, 0.1) is 12.3 Å². The first-order valence-electron chi connectivity index (χ1n) is 7.66. The number of nitrogens with zero attached hydrogens (tertiary/aromatic N) is 1. The molecule has 0 aliphatic carbocycles. The summed E-state index contributed by atoms with van der Waals surface area (Å²) in [5.74, 6) is 1.03. The SMILES string of the molecule is CNC(CCN1CCCOc2ccccc21)C(C)(C)C. The second-order valence-corrected chi connectivity index (χ2v) is 6.65. The molecule has 0 saturated carbocycles. The average Bonchev–Trinajstić information content (AvgIpc) is 2.60. The number of fused-ring (bicyclic) bond motifs is 1. The molecule has 1 aromatic rings. The zero-order valence-corrected chi connectivity index (χ0v) is 13.3. The van der Waals surface area contributed by atoms with Crippen molar-refractivity contribution in [3.8, 4) is 5.75 Å². The molecule has 0 radical (unpaired) electrons. The summed E-state index contributed by atoms with van der Waals surface area (Å²) in [6.07, 6.45) is 2.24. The Labute approximate surface area is 123 Å². The van der Waals surface area contributed by atoms with Gasteiger partial charge >= 0.3 is 0 Å². The van der Waals surface area contributed by atoms with Crippen LogP contribution in [0.5, 0.6) is 5.75 Å². The number of nitrogens with one attached hydrogen (secondary N) is 1. The lowest BCUT2D eigenvalue weighted by atomic mass is 9.85. The molecule has 3 heteroatoms. The molecule has 0 fully saturated rings. The summed E-state index contributed by atoms with van der Waals surface area (Å²) < 4.78 is 5.82. The molecule has 20 heavy (non-hydrogen) atoms. The maximum absolute atomic E-state index is 5.82. The van der Waals surface area contributed by atoms with E-state index in [1.165, 1.54) is 5.69 Å². The van der Waals surface area contributed by atoms with Gasteiger partial charge < -0.3 is 15.0 Å². The quantitative estimate of drug-likeness (QED) is 0.913. The number of benzene rings is 1. The fourth-order valence-electron chi connectivity index (χ4n) is 2.93. The van der Waals surface area contributed by atoms with Crippen LogP contribution < -0.4 is 15.0 Å². The van der Waals surface area contributed by atoms with Gasteiger partial charge in [-0.3, -0.25) is 0 Å². The number of anilines is 1. The summed E-state index contributed by atoms with van der Waals surface area (Å²) in [7, 11) is 2.06. The van der Waals surface area contributed by atoms with Crippen molar-refractivity contribution >= 4 is 5.69 Å². The first-order chi connectivity index (χ1) is 9.52. The van der Waals surface area contributed by atoms with Crippen LogP contribution in [0.25, 0.3) is 0 Å². The minimum absolute atomic E-state index is 0.288. The smallest absolute Gasteiger partial charge is 0.142 e. The number of ether oxygens (including phenoxy) is 1. The van der Waals surface area contributed by atoms with Gasteiger partial charge in [-0.05, 0) is 37.4 Å². The third-order valence-electron chi connectivity index (χ3n) is 4.12. The maximum atomic E-state index is 5.82. The van der Waals surface area contributed by atoms with Gasteiger partial charge in [-0.1, -0.05) is 32.9 Å². The van der Waals surface area contributed by atoms with Crippen LogP contribution in [0, 0.1) is 5.41 Å². The third-order valence-corrected chi connectivity index (χ3v) is 4.12. The Morgan fingerprint density at radius 3 is 2.75 bits per heavy atom. The molecule has 1 N–H and O–H groups in total. The predicted octanol–water partition coefficient (Wildman–Crippen LogP) is 3.30. The molecular formula is C17H28N2O. The van der Waals surface area contributed by atoms with Crippen LogP contribution in [0.2, 0.25) is 0 Å². The van der Waals surface area contributed by atoms with Crippen molar-refractivity contribution in [1.29, 1.82) is 0 Å². The van der Waals surface area contributed by atoms with Crippen molar-refractivity contribution in [3.05, 3.63) is 24.3 Å². The third kappa shape index (κ3) is 3.66. The minimum atomic E-state index is 0.288. The van der Waals surface area contributed by atoms with E-state index in [4.69, 9.17) is 4.74 Å². The molecule has 2 rings (SSSR count). The molecule has 0 spiro atoms. The highest BCUT2D eigenvalue weighted by Crippen LogP contribution is 2.31.